The van der Waals surface area contributed by atoms with Gasteiger partial charge in [-0.3, -0.25) is 24.1 Å². The number of sulfonamides is 1. The van der Waals surface area contributed by atoms with Crippen molar-refractivity contribution in [2.45, 2.75) is 103 Å². The number of carbonyl (C=O) groups is 5. The Morgan fingerprint density at radius 3 is 2.20 bits per heavy atom. The minimum absolute atomic E-state index is 0.0781. The average Bonchev–Trinajstić information content (AvgIpc) is 3.99. The maximum Gasteiger partial charge on any atom is 0.408 e. The number of amides is 4. The number of nitrogens with one attached hydrogen (secondary N) is 3. The van der Waals surface area contributed by atoms with Crippen LogP contribution >= 0.6 is 0 Å². The summed E-state index contributed by atoms with van der Waals surface area (Å²) in [6.45, 7) is 18.2. The predicted octanol–water partition coefficient (Wildman–Crippen LogP) is 4.40. The lowest BCUT2D eigenvalue weighted by Crippen LogP contribution is -2.49. The summed E-state index contributed by atoms with van der Waals surface area (Å²) in [6, 6.07) is 8.38. The largest absolute Gasteiger partial charge is 0.478 e. The Hall–Kier alpha value is -4.53. The SMILES string of the molecule is C=C.CC(C)(C)OC(=O)NCC(=O)N1CCC[C@H]1C(=O)NC1CC1.CC(C)C.O=C(O)c1ccc2ncccc2c1.O=CNS(=O)(=O)C1CC1. The second-order valence-electron chi connectivity index (χ2n) is 13.3. The molecule has 5 rings (SSSR count). The quantitative estimate of drug-likeness (QED) is 0.224. The monoisotopic (exact) mass is 719 g/mol. The average molecular weight is 720 g/mol. The number of nitrogens with zero attached hydrogens (tertiary/aromatic N) is 2. The van der Waals surface area contributed by atoms with Crippen LogP contribution in [0.1, 0.15) is 90.4 Å². The van der Waals surface area contributed by atoms with Crippen molar-refractivity contribution in [2.24, 2.45) is 5.92 Å². The van der Waals surface area contributed by atoms with Gasteiger partial charge in [0.15, 0.2) is 0 Å². The Morgan fingerprint density at radius 2 is 1.68 bits per heavy atom. The summed E-state index contributed by atoms with van der Waals surface area (Å²) in [5.41, 5.74) is 0.501. The van der Waals surface area contributed by atoms with E-state index in [4.69, 9.17) is 9.84 Å². The minimum atomic E-state index is -3.26. The van der Waals surface area contributed by atoms with E-state index in [1.807, 2.05) is 6.07 Å². The lowest BCUT2D eigenvalue weighted by molar-refractivity contribution is -0.137. The maximum absolute atomic E-state index is 12.2. The van der Waals surface area contributed by atoms with E-state index >= 15 is 0 Å². The Bertz CT molecular complexity index is 1530. The van der Waals surface area contributed by atoms with Gasteiger partial charge in [-0.2, -0.15) is 0 Å². The normalized spacial score (nSPS) is 16.3. The predicted molar refractivity (Wildman–Crippen MR) is 192 cm³/mol. The number of alkyl carbamates (subject to hydrolysis) is 1. The summed E-state index contributed by atoms with van der Waals surface area (Å²) in [7, 11) is -3.26. The van der Waals surface area contributed by atoms with Crippen molar-refractivity contribution in [3.05, 3.63) is 55.3 Å². The minimum Gasteiger partial charge on any atom is -0.478 e. The molecule has 1 atom stereocenters. The Kier molecular flexibility index (Phi) is 18.1. The van der Waals surface area contributed by atoms with Crippen LogP contribution in [0.25, 0.3) is 10.9 Å². The molecule has 0 spiro atoms. The highest BCUT2D eigenvalue weighted by molar-refractivity contribution is 7.90. The van der Waals surface area contributed by atoms with Crippen LogP contribution in [0.5, 0.6) is 0 Å². The van der Waals surface area contributed by atoms with Crippen molar-refractivity contribution >= 4 is 51.2 Å². The van der Waals surface area contributed by atoms with Crippen LogP contribution in [0.4, 0.5) is 4.79 Å². The smallest absolute Gasteiger partial charge is 0.408 e. The van der Waals surface area contributed by atoms with Crippen LogP contribution in [-0.4, -0.2) is 89.7 Å². The molecule has 4 N–H and O–H groups in total. The molecule has 1 aromatic heterocycles. The second-order valence-corrected chi connectivity index (χ2v) is 15.3. The van der Waals surface area contributed by atoms with E-state index in [-0.39, 0.29) is 36.1 Å². The number of ether oxygens (including phenoxy) is 1. The van der Waals surface area contributed by atoms with E-state index in [0.29, 0.717) is 31.4 Å². The van der Waals surface area contributed by atoms with Gasteiger partial charge in [0, 0.05) is 24.2 Å². The summed E-state index contributed by atoms with van der Waals surface area (Å²) < 4.78 is 28.2. The van der Waals surface area contributed by atoms with Crippen LogP contribution in [0.3, 0.4) is 0 Å². The molecular weight excluding hydrogens is 666 g/mol. The van der Waals surface area contributed by atoms with Crippen molar-refractivity contribution in [1.82, 2.24) is 25.2 Å². The van der Waals surface area contributed by atoms with Crippen LogP contribution in [0.2, 0.25) is 0 Å². The number of benzene rings is 1. The van der Waals surface area contributed by atoms with Gasteiger partial charge in [0.05, 0.1) is 16.3 Å². The first-order valence-corrected chi connectivity index (χ1v) is 18.1. The number of carbonyl (C=O) groups excluding carboxylic acids is 4. The third-order valence-corrected chi connectivity index (χ3v) is 8.38. The highest BCUT2D eigenvalue weighted by Crippen LogP contribution is 2.27. The number of hydrogen-bond acceptors (Lipinski definition) is 9. The van der Waals surface area contributed by atoms with E-state index in [0.717, 1.165) is 36.1 Å². The molecule has 278 valence electrons. The van der Waals surface area contributed by atoms with Gasteiger partial charge in [0.25, 0.3) is 0 Å². The van der Waals surface area contributed by atoms with Gasteiger partial charge < -0.3 is 25.4 Å². The molecule has 15 heteroatoms. The maximum atomic E-state index is 12.2. The molecule has 4 amide bonds. The van der Waals surface area contributed by atoms with Crippen molar-refractivity contribution in [2.75, 3.05) is 13.1 Å². The first-order valence-electron chi connectivity index (χ1n) is 16.5. The fourth-order valence-corrected chi connectivity index (χ4v) is 5.26. The Labute approximate surface area is 295 Å². The molecule has 14 nitrogen and oxygen atoms in total. The number of pyridine rings is 1. The lowest BCUT2D eigenvalue weighted by Gasteiger charge is -2.25. The van der Waals surface area contributed by atoms with Crippen molar-refractivity contribution in [1.29, 1.82) is 0 Å². The summed E-state index contributed by atoms with van der Waals surface area (Å²) in [5.74, 6) is -0.407. The molecule has 2 heterocycles. The second kappa shape index (κ2) is 20.9. The molecule has 1 aliphatic heterocycles. The molecule has 3 aliphatic rings. The summed E-state index contributed by atoms with van der Waals surface area (Å²) in [6.07, 6.45) is 6.15. The van der Waals surface area contributed by atoms with E-state index < -0.39 is 33.7 Å². The molecule has 0 bridgehead atoms. The van der Waals surface area contributed by atoms with Crippen molar-refractivity contribution in [3.8, 4) is 0 Å². The van der Waals surface area contributed by atoms with Gasteiger partial charge in [-0.25, -0.2) is 18.0 Å². The van der Waals surface area contributed by atoms with Crippen LogP contribution in [-0.2, 0) is 29.1 Å². The van der Waals surface area contributed by atoms with E-state index in [1.54, 1.807) is 60.9 Å². The fourth-order valence-electron chi connectivity index (χ4n) is 4.18. The highest BCUT2D eigenvalue weighted by atomic mass is 32.2. The zero-order valence-electron chi connectivity index (χ0n) is 29.9. The van der Waals surface area contributed by atoms with Crippen LogP contribution < -0.4 is 15.4 Å². The number of rotatable bonds is 8. The molecule has 3 fully saturated rings. The topological polar surface area (TPSA) is 201 Å². The van der Waals surface area contributed by atoms with Gasteiger partial charge in [-0.1, -0.05) is 26.8 Å². The van der Waals surface area contributed by atoms with Crippen LogP contribution in [0, 0.1) is 5.92 Å². The molecular formula is C35H53N5O9S. The first-order chi connectivity index (χ1) is 23.4. The molecule has 2 aliphatic carbocycles. The molecule has 2 aromatic rings. The zero-order valence-corrected chi connectivity index (χ0v) is 30.8. The van der Waals surface area contributed by atoms with E-state index in [1.165, 1.54) is 0 Å². The standard InChI is InChI=1S/C15H25N3O4.C10H7NO2.C4H7NO3S.C4H10.C2H4/c1-15(2,3)22-14(21)16-9-12(19)18-8-4-5-11(18)13(20)17-10-6-7-10;12-10(13)8-3-4-9-7(6-8)2-1-5-11-9;6-3-5-9(7,8)4-1-2-4;1-4(2)3;1-2/h10-11H,4-9H2,1-3H3,(H,16,21)(H,17,20);1-6H,(H,12,13);3-4H,1-2H2,(H,5,6);4H,1-3H3;1-2H2/t11-;;;;/m0..../s1. The number of hydrogen-bond donors (Lipinski definition) is 4. The zero-order chi connectivity index (χ0) is 38.1. The van der Waals surface area contributed by atoms with Crippen LogP contribution in [0.15, 0.2) is 49.7 Å². The van der Waals surface area contributed by atoms with Gasteiger partial charge in [-0.05, 0) is 89.5 Å². The highest BCUT2D eigenvalue weighted by Gasteiger charge is 2.37. The number of carboxylic acids is 1. The molecule has 2 saturated carbocycles. The van der Waals surface area contributed by atoms with Crippen molar-refractivity contribution < 1.29 is 42.2 Å². The molecule has 1 aromatic carbocycles. The Morgan fingerprint density at radius 1 is 1.06 bits per heavy atom. The molecule has 1 saturated heterocycles. The number of aromatic nitrogens is 1. The number of fused-ring (bicyclic) bond motifs is 1. The van der Waals surface area contributed by atoms with E-state index in [9.17, 15) is 32.4 Å². The Balaban J connectivity index is 0.000000376. The number of aromatic carboxylic acids is 1. The molecule has 0 radical (unpaired) electrons. The van der Waals surface area contributed by atoms with Gasteiger partial charge in [0.1, 0.15) is 18.2 Å². The summed E-state index contributed by atoms with van der Waals surface area (Å²) in [5, 5.41) is 14.6. The van der Waals surface area contributed by atoms with Crippen molar-refractivity contribution in [3.63, 3.8) is 0 Å². The molecule has 50 heavy (non-hydrogen) atoms. The number of carboxylic acid groups (broad SMARTS) is 1. The molecule has 0 unspecified atom stereocenters. The third kappa shape index (κ3) is 17.2. The lowest BCUT2D eigenvalue weighted by atomic mass is 10.1. The first kappa shape index (κ1) is 43.5. The summed E-state index contributed by atoms with van der Waals surface area (Å²) >= 11 is 0. The third-order valence-electron chi connectivity index (χ3n) is 6.61. The summed E-state index contributed by atoms with van der Waals surface area (Å²) in [4.78, 5) is 61.8. The van der Waals surface area contributed by atoms with Gasteiger partial charge in [0.2, 0.25) is 28.2 Å². The fraction of sp³-hybridized carbons (Fsp3) is 0.543. The van der Waals surface area contributed by atoms with Gasteiger partial charge in [-0.15, -0.1) is 13.2 Å². The number of likely N-dealkylation sites (tertiary alicyclic amines) is 1. The van der Waals surface area contributed by atoms with E-state index in [2.05, 4.69) is 49.5 Å². The van der Waals surface area contributed by atoms with Gasteiger partial charge >= 0.3 is 12.1 Å².